The lowest BCUT2D eigenvalue weighted by Crippen LogP contribution is -2.27. The number of nitrogens with one attached hydrogen (secondary N) is 1. The molecule has 122 valence electrons. The first-order valence-corrected chi connectivity index (χ1v) is 8.95. The molecule has 0 aliphatic rings. The lowest BCUT2D eigenvalue weighted by atomic mass is 10.1. The number of hydrogen-bond acceptors (Lipinski definition) is 3. The number of nitriles is 1. The van der Waals surface area contributed by atoms with Gasteiger partial charge in [-0.3, -0.25) is 4.79 Å². The van der Waals surface area contributed by atoms with Gasteiger partial charge >= 0.3 is 0 Å². The minimum absolute atomic E-state index is 0.0375. The van der Waals surface area contributed by atoms with Crippen molar-refractivity contribution < 1.29 is 9.90 Å². The smallest absolute Gasteiger partial charge is 0.262 e. The molecular weight excluding hydrogens is 483 g/mol. The van der Waals surface area contributed by atoms with E-state index in [0.29, 0.717) is 9.13 Å². The van der Waals surface area contributed by atoms with E-state index in [4.69, 9.17) is 0 Å². The molecule has 0 saturated heterocycles. The van der Waals surface area contributed by atoms with E-state index in [1.165, 1.54) is 6.08 Å². The topological polar surface area (TPSA) is 73.1 Å². The molecule has 2 N–H and O–H groups in total. The Morgan fingerprint density at radius 2 is 2.04 bits per heavy atom. The standard InChI is InChI=1S/C18H14BrIN2O2/c1-11(12-5-3-2-4-6-12)22-18(24)14(10-21)7-13-8-15(19)9-16(20)17(13)23/h2-9,11,23H,1H3,(H,22,24)/b14-7+/t11-/m1/s1. The maximum atomic E-state index is 12.3. The summed E-state index contributed by atoms with van der Waals surface area (Å²) < 4.78 is 1.38. The number of phenolic OH excluding ortho intramolecular Hbond substituents is 1. The van der Waals surface area contributed by atoms with Gasteiger partial charge in [-0.1, -0.05) is 46.3 Å². The third kappa shape index (κ3) is 4.58. The predicted octanol–water partition coefficient (Wildman–Crippen LogP) is 4.54. The minimum atomic E-state index is -0.483. The second kappa shape index (κ2) is 8.31. The van der Waals surface area contributed by atoms with Gasteiger partial charge in [0.1, 0.15) is 17.4 Å². The molecule has 0 aliphatic heterocycles. The first-order chi connectivity index (χ1) is 11.4. The zero-order chi connectivity index (χ0) is 17.7. The molecule has 0 saturated carbocycles. The highest BCUT2D eigenvalue weighted by molar-refractivity contribution is 14.1. The summed E-state index contributed by atoms with van der Waals surface area (Å²) in [6.45, 7) is 1.85. The number of phenols is 1. The van der Waals surface area contributed by atoms with Crippen LogP contribution < -0.4 is 5.32 Å². The van der Waals surface area contributed by atoms with Crippen LogP contribution in [0, 0.1) is 14.9 Å². The number of hydrogen-bond donors (Lipinski definition) is 2. The first kappa shape index (κ1) is 18.5. The van der Waals surface area contributed by atoms with Gasteiger partial charge in [0.05, 0.1) is 9.61 Å². The molecule has 6 heteroatoms. The van der Waals surface area contributed by atoms with Gasteiger partial charge in [-0.25, -0.2) is 0 Å². The van der Waals surface area contributed by atoms with Gasteiger partial charge in [0.2, 0.25) is 0 Å². The zero-order valence-corrected chi connectivity index (χ0v) is 16.5. The van der Waals surface area contributed by atoms with Gasteiger partial charge in [0.25, 0.3) is 5.91 Å². The Balaban J connectivity index is 2.25. The van der Waals surface area contributed by atoms with E-state index in [9.17, 15) is 15.2 Å². The Kier molecular flexibility index (Phi) is 6.40. The van der Waals surface area contributed by atoms with Gasteiger partial charge < -0.3 is 10.4 Å². The largest absolute Gasteiger partial charge is 0.506 e. The molecule has 2 aromatic carbocycles. The molecule has 1 amide bonds. The summed E-state index contributed by atoms with van der Waals surface area (Å²) in [6, 6.07) is 14.6. The highest BCUT2D eigenvalue weighted by atomic mass is 127. The summed E-state index contributed by atoms with van der Waals surface area (Å²) in [4.78, 5) is 12.3. The van der Waals surface area contributed by atoms with Crippen LogP contribution in [0.2, 0.25) is 0 Å². The molecule has 0 bridgehead atoms. The molecule has 0 aromatic heterocycles. The van der Waals surface area contributed by atoms with E-state index in [1.54, 1.807) is 12.1 Å². The Bertz CT molecular complexity index is 829. The lowest BCUT2D eigenvalue weighted by Gasteiger charge is -2.14. The minimum Gasteiger partial charge on any atom is -0.506 e. The van der Waals surface area contributed by atoms with Crippen molar-refractivity contribution in [1.82, 2.24) is 5.32 Å². The van der Waals surface area contributed by atoms with Gasteiger partial charge in [0, 0.05) is 10.0 Å². The zero-order valence-electron chi connectivity index (χ0n) is 12.8. The van der Waals surface area contributed by atoms with Crippen molar-refractivity contribution >= 4 is 50.5 Å². The SMILES string of the molecule is C[C@@H](NC(=O)/C(C#N)=C/c1cc(Br)cc(I)c1O)c1ccccc1. The normalized spacial score (nSPS) is 12.3. The van der Waals surface area contributed by atoms with Crippen LogP contribution in [0.1, 0.15) is 24.1 Å². The molecule has 0 unspecified atom stereocenters. The second-order valence-electron chi connectivity index (χ2n) is 5.10. The van der Waals surface area contributed by atoms with E-state index < -0.39 is 5.91 Å². The van der Waals surface area contributed by atoms with Crippen LogP contribution >= 0.6 is 38.5 Å². The highest BCUT2D eigenvalue weighted by Crippen LogP contribution is 2.30. The number of nitrogens with zero attached hydrogens (tertiary/aromatic N) is 1. The van der Waals surface area contributed by atoms with Crippen molar-refractivity contribution in [3.05, 3.63) is 67.2 Å². The van der Waals surface area contributed by atoms with Crippen LogP contribution in [0.3, 0.4) is 0 Å². The van der Waals surface area contributed by atoms with Crippen molar-refractivity contribution in [2.45, 2.75) is 13.0 Å². The number of amides is 1. The van der Waals surface area contributed by atoms with E-state index >= 15 is 0 Å². The summed E-state index contributed by atoms with van der Waals surface area (Å²) in [7, 11) is 0. The summed E-state index contributed by atoms with van der Waals surface area (Å²) in [6.07, 6.45) is 1.38. The molecule has 2 rings (SSSR count). The molecule has 24 heavy (non-hydrogen) atoms. The third-order valence-corrected chi connectivity index (χ3v) is 4.65. The molecule has 2 aromatic rings. The van der Waals surface area contributed by atoms with Crippen LogP contribution in [0.15, 0.2) is 52.5 Å². The lowest BCUT2D eigenvalue weighted by molar-refractivity contribution is -0.117. The van der Waals surface area contributed by atoms with Crippen LogP contribution in [-0.2, 0) is 4.79 Å². The van der Waals surface area contributed by atoms with Crippen LogP contribution in [0.25, 0.3) is 6.08 Å². The fourth-order valence-corrected chi connectivity index (χ4v) is 3.65. The molecule has 0 spiro atoms. The third-order valence-electron chi connectivity index (χ3n) is 3.37. The fourth-order valence-electron chi connectivity index (χ4n) is 2.10. The Morgan fingerprint density at radius 3 is 2.67 bits per heavy atom. The number of halogens is 2. The van der Waals surface area contributed by atoms with Gasteiger partial charge in [0.15, 0.2) is 0 Å². The number of rotatable bonds is 4. The van der Waals surface area contributed by atoms with Crippen LogP contribution in [0.5, 0.6) is 5.75 Å². The van der Waals surface area contributed by atoms with Crippen molar-refractivity contribution in [3.63, 3.8) is 0 Å². The quantitative estimate of drug-likeness (QED) is 0.370. The predicted molar refractivity (Wildman–Crippen MR) is 105 cm³/mol. The Morgan fingerprint density at radius 1 is 1.38 bits per heavy atom. The van der Waals surface area contributed by atoms with Crippen molar-refractivity contribution in [2.24, 2.45) is 0 Å². The van der Waals surface area contributed by atoms with Gasteiger partial charge in [-0.05, 0) is 53.3 Å². The van der Waals surface area contributed by atoms with Gasteiger partial charge in [-0.15, -0.1) is 0 Å². The molecule has 4 nitrogen and oxygen atoms in total. The van der Waals surface area contributed by atoms with E-state index in [-0.39, 0.29) is 17.4 Å². The summed E-state index contributed by atoms with van der Waals surface area (Å²) in [5.74, 6) is -0.446. The van der Waals surface area contributed by atoms with E-state index in [2.05, 4.69) is 21.2 Å². The van der Waals surface area contributed by atoms with Crippen LogP contribution in [0.4, 0.5) is 0 Å². The molecular formula is C18H14BrIN2O2. The molecule has 0 aliphatic carbocycles. The summed E-state index contributed by atoms with van der Waals surface area (Å²) in [5.41, 5.74) is 1.29. The van der Waals surface area contributed by atoms with Crippen LogP contribution in [-0.4, -0.2) is 11.0 Å². The van der Waals surface area contributed by atoms with Crippen molar-refractivity contribution in [2.75, 3.05) is 0 Å². The monoisotopic (exact) mass is 496 g/mol. The van der Waals surface area contributed by atoms with Crippen molar-refractivity contribution in [1.29, 1.82) is 5.26 Å². The number of aromatic hydroxyl groups is 1. The average Bonchev–Trinajstić information content (AvgIpc) is 2.57. The first-order valence-electron chi connectivity index (χ1n) is 7.08. The van der Waals surface area contributed by atoms with E-state index in [0.717, 1.165) is 10.0 Å². The van der Waals surface area contributed by atoms with E-state index in [1.807, 2.05) is 65.9 Å². The highest BCUT2D eigenvalue weighted by Gasteiger charge is 2.15. The Labute approximate surface area is 162 Å². The number of carbonyl (C=O) groups is 1. The number of carbonyl (C=O) groups excluding carboxylic acids is 1. The average molecular weight is 497 g/mol. The van der Waals surface area contributed by atoms with Gasteiger partial charge in [-0.2, -0.15) is 5.26 Å². The summed E-state index contributed by atoms with van der Waals surface area (Å²) >= 11 is 5.32. The van der Waals surface area contributed by atoms with Crippen molar-refractivity contribution in [3.8, 4) is 11.8 Å². The molecule has 0 heterocycles. The fraction of sp³-hybridized carbons (Fsp3) is 0.111. The second-order valence-corrected chi connectivity index (χ2v) is 7.18. The molecule has 1 atom stereocenters. The maximum absolute atomic E-state index is 12.3. The summed E-state index contributed by atoms with van der Waals surface area (Å²) in [5, 5.41) is 22.2. The molecule has 0 fully saturated rings. The number of benzene rings is 2. The maximum Gasteiger partial charge on any atom is 0.262 e. The Hall–Kier alpha value is -1.85. The molecule has 0 radical (unpaired) electrons.